The van der Waals surface area contributed by atoms with Crippen LogP contribution in [0, 0.1) is 17.2 Å². The fourth-order valence-corrected chi connectivity index (χ4v) is 3.69. The Morgan fingerprint density at radius 2 is 2.27 bits per heavy atom. The second-order valence-electron chi connectivity index (χ2n) is 4.18. The predicted molar refractivity (Wildman–Crippen MR) is 58.6 cm³/mol. The summed E-state index contributed by atoms with van der Waals surface area (Å²) in [7, 11) is -3.38. The quantitative estimate of drug-likeness (QED) is 0.735. The van der Waals surface area contributed by atoms with E-state index in [2.05, 4.69) is 6.92 Å². The highest BCUT2D eigenvalue weighted by molar-refractivity contribution is 7.90. The smallest absolute Gasteiger partial charge is 0.211 e. The minimum atomic E-state index is -3.38. The molecule has 0 saturated carbocycles. The van der Waals surface area contributed by atoms with Crippen molar-refractivity contribution >= 4 is 10.0 Å². The van der Waals surface area contributed by atoms with Crippen molar-refractivity contribution in [1.29, 1.82) is 5.26 Å². The van der Waals surface area contributed by atoms with E-state index in [1.165, 1.54) is 4.31 Å². The van der Waals surface area contributed by atoms with Crippen molar-refractivity contribution in [2.24, 2.45) is 5.92 Å². The van der Waals surface area contributed by atoms with Gasteiger partial charge in [0.05, 0.1) is 6.07 Å². The highest BCUT2D eigenvalue weighted by Crippen LogP contribution is 2.21. The number of piperidine rings is 1. The summed E-state index contributed by atoms with van der Waals surface area (Å²) in [4.78, 5) is 0. The minimum absolute atomic E-state index is 0.365. The molecule has 0 N–H and O–H groups in total. The Kier molecular flexibility index (Phi) is 4.12. The van der Waals surface area contributed by atoms with Gasteiger partial charge in [-0.05, 0) is 25.2 Å². The van der Waals surface area contributed by atoms with Crippen LogP contribution in [0.4, 0.5) is 0 Å². The SMILES string of the molecule is CCC(C#N)S(=O)(=O)N1CCCC(C)C1. The number of hydrogen-bond acceptors (Lipinski definition) is 3. The third-order valence-electron chi connectivity index (χ3n) is 2.85. The molecular weight excluding hydrogens is 212 g/mol. The molecule has 1 saturated heterocycles. The Morgan fingerprint density at radius 1 is 1.60 bits per heavy atom. The lowest BCUT2D eigenvalue weighted by atomic mass is 10.0. The number of hydrogen-bond donors (Lipinski definition) is 0. The van der Waals surface area contributed by atoms with Crippen LogP contribution in [0.15, 0.2) is 0 Å². The van der Waals surface area contributed by atoms with Gasteiger partial charge in [0.15, 0.2) is 5.25 Å². The largest absolute Gasteiger partial charge is 0.230 e. The molecule has 5 heteroatoms. The van der Waals surface area contributed by atoms with Crippen LogP contribution < -0.4 is 0 Å². The first-order valence-electron chi connectivity index (χ1n) is 5.41. The van der Waals surface area contributed by atoms with Gasteiger partial charge < -0.3 is 0 Å². The Labute approximate surface area is 91.9 Å². The van der Waals surface area contributed by atoms with Crippen molar-refractivity contribution in [1.82, 2.24) is 4.31 Å². The maximum atomic E-state index is 12.0. The molecule has 0 amide bonds. The molecule has 0 aromatic carbocycles. The van der Waals surface area contributed by atoms with Crippen LogP contribution in [0.1, 0.15) is 33.1 Å². The average molecular weight is 230 g/mol. The topological polar surface area (TPSA) is 61.2 Å². The summed E-state index contributed by atoms with van der Waals surface area (Å²) in [6.45, 7) is 4.93. The number of nitriles is 1. The summed E-state index contributed by atoms with van der Waals surface area (Å²) in [5.74, 6) is 0.407. The van der Waals surface area contributed by atoms with Crippen molar-refractivity contribution in [3.63, 3.8) is 0 Å². The molecule has 0 aliphatic carbocycles. The molecule has 86 valence electrons. The van der Waals surface area contributed by atoms with Crippen LogP contribution >= 0.6 is 0 Å². The van der Waals surface area contributed by atoms with Gasteiger partial charge in [0.25, 0.3) is 0 Å². The molecule has 0 aromatic rings. The normalized spacial score (nSPS) is 25.8. The lowest BCUT2D eigenvalue weighted by molar-refractivity contribution is 0.280. The van der Waals surface area contributed by atoms with Gasteiger partial charge in [-0.3, -0.25) is 0 Å². The molecule has 2 atom stereocenters. The zero-order valence-corrected chi connectivity index (χ0v) is 10.1. The monoisotopic (exact) mass is 230 g/mol. The van der Waals surface area contributed by atoms with E-state index in [0.29, 0.717) is 25.4 Å². The third-order valence-corrected chi connectivity index (χ3v) is 5.06. The molecule has 0 spiro atoms. The lowest BCUT2D eigenvalue weighted by Crippen LogP contribution is -2.43. The first-order chi connectivity index (χ1) is 7.02. The van der Waals surface area contributed by atoms with Crippen LogP contribution in [0.3, 0.4) is 0 Å². The van der Waals surface area contributed by atoms with Crippen LogP contribution in [-0.4, -0.2) is 31.1 Å². The average Bonchev–Trinajstić information content (AvgIpc) is 2.19. The Morgan fingerprint density at radius 3 is 2.73 bits per heavy atom. The van der Waals surface area contributed by atoms with Gasteiger partial charge in [-0.15, -0.1) is 0 Å². The first-order valence-corrected chi connectivity index (χ1v) is 6.91. The zero-order valence-electron chi connectivity index (χ0n) is 9.31. The molecule has 1 rings (SSSR count). The second kappa shape index (κ2) is 4.95. The molecule has 1 aliphatic heterocycles. The molecule has 1 aliphatic rings. The minimum Gasteiger partial charge on any atom is -0.211 e. The van der Waals surface area contributed by atoms with Gasteiger partial charge in [-0.2, -0.15) is 5.26 Å². The molecule has 2 unspecified atom stereocenters. The maximum Gasteiger partial charge on any atom is 0.230 e. The summed E-state index contributed by atoms with van der Waals surface area (Å²) in [6.07, 6.45) is 2.35. The van der Waals surface area contributed by atoms with E-state index < -0.39 is 15.3 Å². The fourth-order valence-electron chi connectivity index (χ4n) is 1.93. The van der Waals surface area contributed by atoms with Crippen molar-refractivity contribution in [2.75, 3.05) is 13.1 Å². The van der Waals surface area contributed by atoms with E-state index in [0.717, 1.165) is 12.8 Å². The van der Waals surface area contributed by atoms with E-state index >= 15 is 0 Å². The maximum absolute atomic E-state index is 12.0. The summed E-state index contributed by atoms with van der Waals surface area (Å²) in [6, 6.07) is 1.87. The van der Waals surface area contributed by atoms with Crippen molar-refractivity contribution in [3.8, 4) is 6.07 Å². The van der Waals surface area contributed by atoms with Gasteiger partial charge >= 0.3 is 0 Å². The number of nitrogens with zero attached hydrogens (tertiary/aromatic N) is 2. The molecule has 15 heavy (non-hydrogen) atoms. The molecule has 4 nitrogen and oxygen atoms in total. The van der Waals surface area contributed by atoms with Gasteiger partial charge in [-0.25, -0.2) is 12.7 Å². The lowest BCUT2D eigenvalue weighted by Gasteiger charge is -2.31. The summed E-state index contributed by atoms with van der Waals surface area (Å²) in [5.41, 5.74) is 0. The Bertz CT molecular complexity index is 345. The van der Waals surface area contributed by atoms with Crippen molar-refractivity contribution in [3.05, 3.63) is 0 Å². The molecular formula is C10H18N2O2S. The highest BCUT2D eigenvalue weighted by atomic mass is 32.2. The summed E-state index contributed by atoms with van der Waals surface area (Å²) >= 11 is 0. The van der Waals surface area contributed by atoms with Crippen molar-refractivity contribution < 1.29 is 8.42 Å². The number of sulfonamides is 1. The van der Waals surface area contributed by atoms with Crippen LogP contribution in [-0.2, 0) is 10.0 Å². The molecule has 0 radical (unpaired) electrons. The molecule has 1 fully saturated rings. The van der Waals surface area contributed by atoms with Crippen molar-refractivity contribution in [2.45, 2.75) is 38.4 Å². The van der Waals surface area contributed by atoms with Crippen LogP contribution in [0.2, 0.25) is 0 Å². The van der Waals surface area contributed by atoms with E-state index in [1.807, 2.05) is 6.07 Å². The highest BCUT2D eigenvalue weighted by Gasteiger charge is 2.33. The Balaban J connectivity index is 2.81. The van der Waals surface area contributed by atoms with E-state index in [1.54, 1.807) is 6.92 Å². The molecule has 1 heterocycles. The van der Waals surface area contributed by atoms with Gasteiger partial charge in [0.2, 0.25) is 10.0 Å². The summed E-state index contributed by atoms with van der Waals surface area (Å²) < 4.78 is 25.5. The standard InChI is InChI=1S/C10H18N2O2S/c1-3-10(7-11)15(13,14)12-6-4-5-9(2)8-12/h9-10H,3-6,8H2,1-2H3. The number of rotatable bonds is 3. The predicted octanol–water partition coefficient (Wildman–Crippen LogP) is 1.35. The van der Waals surface area contributed by atoms with E-state index in [-0.39, 0.29) is 0 Å². The summed E-state index contributed by atoms with van der Waals surface area (Å²) in [5, 5.41) is 7.93. The van der Waals surface area contributed by atoms with Gasteiger partial charge in [-0.1, -0.05) is 13.8 Å². The van der Waals surface area contributed by atoms with E-state index in [9.17, 15) is 8.42 Å². The first kappa shape index (κ1) is 12.5. The van der Waals surface area contributed by atoms with Crippen LogP contribution in [0.25, 0.3) is 0 Å². The molecule has 0 aromatic heterocycles. The third kappa shape index (κ3) is 2.70. The fraction of sp³-hybridized carbons (Fsp3) is 0.900. The van der Waals surface area contributed by atoms with Crippen LogP contribution in [0.5, 0.6) is 0 Å². The second-order valence-corrected chi connectivity index (χ2v) is 6.29. The van der Waals surface area contributed by atoms with Gasteiger partial charge in [0, 0.05) is 13.1 Å². The molecule has 0 bridgehead atoms. The van der Waals surface area contributed by atoms with Gasteiger partial charge in [0.1, 0.15) is 0 Å². The van der Waals surface area contributed by atoms with E-state index in [4.69, 9.17) is 5.26 Å². The zero-order chi connectivity index (χ0) is 11.5. The Hall–Kier alpha value is -0.600.